The Balaban J connectivity index is 1.94. The highest BCUT2D eigenvalue weighted by Crippen LogP contribution is 2.44. The minimum Gasteiger partial charge on any atom is -0.343 e. The number of hydrogen-bond acceptors (Lipinski definition) is 4. The Labute approximate surface area is 147 Å². The zero-order chi connectivity index (χ0) is 18.1. The molecule has 0 spiro atoms. The van der Waals surface area contributed by atoms with E-state index in [1.54, 1.807) is 67.6 Å². The van der Waals surface area contributed by atoms with Crippen molar-refractivity contribution in [2.45, 2.75) is 6.92 Å². The van der Waals surface area contributed by atoms with Crippen molar-refractivity contribution in [1.29, 1.82) is 0 Å². The first-order valence-electron chi connectivity index (χ1n) is 7.93. The molecule has 6 nitrogen and oxygen atoms in total. The molecule has 132 valence electrons. The molecule has 0 fully saturated rings. The van der Waals surface area contributed by atoms with Gasteiger partial charge in [-0.25, -0.2) is 0 Å². The van der Waals surface area contributed by atoms with E-state index in [1.165, 1.54) is 0 Å². The summed E-state index contributed by atoms with van der Waals surface area (Å²) >= 11 is 0. The predicted octanol–water partition coefficient (Wildman–Crippen LogP) is 3.08. The van der Waals surface area contributed by atoms with Crippen molar-refractivity contribution >= 4 is 19.2 Å². The van der Waals surface area contributed by atoms with Crippen LogP contribution in [-0.4, -0.2) is 31.0 Å². The molecule has 0 aliphatic rings. The van der Waals surface area contributed by atoms with Crippen molar-refractivity contribution < 1.29 is 18.7 Å². The van der Waals surface area contributed by atoms with Gasteiger partial charge in [0.1, 0.15) is 0 Å². The number of carbonyl (C=O) groups is 2. The number of rotatable bonds is 8. The van der Waals surface area contributed by atoms with Crippen molar-refractivity contribution in [2.24, 2.45) is 0 Å². The fraction of sp³-hybridized carbons (Fsp3) is 0.222. The zero-order valence-electron chi connectivity index (χ0n) is 14.0. The lowest BCUT2D eigenvalue weighted by atomic mass is 10.2. The standard InChI is InChI=1S/C18H21N2O4P/c1-2-24-25(23,13-19-17(21)15-9-5-3-6-10-15)14-20-18(22)16-11-7-4-8-12-16/h3-12H,2,13-14H2,1H3,(H,19,21)(H,20,22). The van der Waals surface area contributed by atoms with Gasteiger partial charge in [0.2, 0.25) is 7.37 Å². The van der Waals surface area contributed by atoms with E-state index < -0.39 is 7.37 Å². The number of benzene rings is 2. The van der Waals surface area contributed by atoms with Gasteiger partial charge in [-0.1, -0.05) is 36.4 Å². The van der Waals surface area contributed by atoms with Crippen LogP contribution in [0.5, 0.6) is 0 Å². The molecule has 7 heteroatoms. The third kappa shape index (κ3) is 5.85. The summed E-state index contributed by atoms with van der Waals surface area (Å²) in [7, 11) is -3.23. The zero-order valence-corrected chi connectivity index (χ0v) is 14.9. The molecule has 2 amide bonds. The van der Waals surface area contributed by atoms with Gasteiger partial charge in [0.05, 0.1) is 19.2 Å². The van der Waals surface area contributed by atoms with Crippen LogP contribution in [0.15, 0.2) is 60.7 Å². The molecule has 0 bridgehead atoms. The summed E-state index contributed by atoms with van der Waals surface area (Å²) < 4.78 is 18.2. The molecule has 0 heterocycles. The van der Waals surface area contributed by atoms with Gasteiger partial charge >= 0.3 is 0 Å². The molecule has 25 heavy (non-hydrogen) atoms. The van der Waals surface area contributed by atoms with Crippen molar-refractivity contribution in [2.75, 3.05) is 19.2 Å². The fourth-order valence-corrected chi connectivity index (χ4v) is 3.68. The van der Waals surface area contributed by atoms with Crippen LogP contribution in [0.3, 0.4) is 0 Å². The maximum Gasteiger partial charge on any atom is 0.251 e. The minimum atomic E-state index is -3.23. The Morgan fingerprint density at radius 2 is 1.24 bits per heavy atom. The highest BCUT2D eigenvalue weighted by atomic mass is 31.2. The third-order valence-electron chi connectivity index (χ3n) is 3.40. The van der Waals surface area contributed by atoms with Crippen LogP contribution in [-0.2, 0) is 9.09 Å². The molecule has 2 rings (SSSR count). The Morgan fingerprint density at radius 3 is 1.60 bits per heavy atom. The number of amides is 2. The molecule has 0 saturated heterocycles. The van der Waals surface area contributed by atoms with Crippen LogP contribution in [0.2, 0.25) is 0 Å². The van der Waals surface area contributed by atoms with Crippen LogP contribution < -0.4 is 10.6 Å². The summed E-state index contributed by atoms with van der Waals surface area (Å²) in [6, 6.07) is 17.3. The number of carbonyl (C=O) groups excluding carboxylic acids is 2. The second-order valence-electron chi connectivity index (χ2n) is 5.29. The molecule has 2 aromatic carbocycles. The van der Waals surface area contributed by atoms with E-state index >= 15 is 0 Å². The average molecular weight is 360 g/mol. The van der Waals surface area contributed by atoms with E-state index in [-0.39, 0.29) is 31.0 Å². The van der Waals surface area contributed by atoms with E-state index in [2.05, 4.69) is 10.6 Å². The molecular weight excluding hydrogens is 339 g/mol. The lowest BCUT2D eigenvalue weighted by molar-refractivity contribution is 0.0955. The van der Waals surface area contributed by atoms with Crippen LogP contribution in [0, 0.1) is 0 Å². The molecule has 0 unspecified atom stereocenters. The van der Waals surface area contributed by atoms with E-state index in [0.29, 0.717) is 11.1 Å². The summed E-state index contributed by atoms with van der Waals surface area (Å²) in [6.07, 6.45) is -0.298. The van der Waals surface area contributed by atoms with E-state index in [0.717, 1.165) is 0 Å². The van der Waals surface area contributed by atoms with Gasteiger partial charge in [0.15, 0.2) is 0 Å². The average Bonchev–Trinajstić information content (AvgIpc) is 2.66. The lowest BCUT2D eigenvalue weighted by Gasteiger charge is -2.19. The number of nitrogens with one attached hydrogen (secondary N) is 2. The third-order valence-corrected chi connectivity index (χ3v) is 5.41. The van der Waals surface area contributed by atoms with Crippen molar-refractivity contribution in [3.8, 4) is 0 Å². The SMILES string of the molecule is CCOP(=O)(CNC(=O)c1ccccc1)CNC(=O)c1ccccc1. The molecule has 0 radical (unpaired) electrons. The summed E-state index contributed by atoms with van der Waals surface area (Å²) in [4.78, 5) is 24.2. The summed E-state index contributed by atoms with van der Waals surface area (Å²) in [5.74, 6) is -0.676. The Hall–Kier alpha value is -2.43. The number of hydrogen-bond donors (Lipinski definition) is 2. The van der Waals surface area contributed by atoms with Gasteiger partial charge in [-0.2, -0.15) is 0 Å². The van der Waals surface area contributed by atoms with E-state index in [4.69, 9.17) is 4.52 Å². The molecule has 2 N–H and O–H groups in total. The molecule has 0 aliphatic carbocycles. The lowest BCUT2D eigenvalue weighted by Crippen LogP contribution is -2.30. The fourth-order valence-electron chi connectivity index (χ4n) is 2.15. The quantitative estimate of drug-likeness (QED) is 0.709. The molecule has 0 saturated carbocycles. The smallest absolute Gasteiger partial charge is 0.251 e. The highest BCUT2D eigenvalue weighted by Gasteiger charge is 2.25. The van der Waals surface area contributed by atoms with E-state index in [9.17, 15) is 14.2 Å². The highest BCUT2D eigenvalue weighted by molar-refractivity contribution is 7.58. The Kier molecular flexibility index (Phi) is 6.92. The van der Waals surface area contributed by atoms with Crippen LogP contribution in [0.25, 0.3) is 0 Å². The first kappa shape index (κ1) is 18.9. The summed E-state index contributed by atoms with van der Waals surface area (Å²) in [5, 5.41) is 5.22. The van der Waals surface area contributed by atoms with Crippen molar-refractivity contribution in [3.63, 3.8) is 0 Å². The van der Waals surface area contributed by atoms with Crippen molar-refractivity contribution in [3.05, 3.63) is 71.8 Å². The normalized spacial score (nSPS) is 10.9. The second kappa shape index (κ2) is 9.16. The van der Waals surface area contributed by atoms with Gasteiger partial charge in [0.25, 0.3) is 11.8 Å². The van der Waals surface area contributed by atoms with Gasteiger partial charge in [-0.3, -0.25) is 14.2 Å². The second-order valence-corrected chi connectivity index (χ2v) is 7.81. The van der Waals surface area contributed by atoms with Crippen LogP contribution >= 0.6 is 7.37 Å². The Bertz CT molecular complexity index is 691. The van der Waals surface area contributed by atoms with Crippen LogP contribution in [0.1, 0.15) is 27.6 Å². The predicted molar refractivity (Wildman–Crippen MR) is 96.8 cm³/mol. The maximum absolute atomic E-state index is 12.8. The maximum atomic E-state index is 12.8. The molecule has 0 aliphatic heterocycles. The first-order valence-corrected chi connectivity index (χ1v) is 9.93. The molecule has 0 atom stereocenters. The first-order chi connectivity index (χ1) is 12.0. The summed E-state index contributed by atoms with van der Waals surface area (Å²) in [5.41, 5.74) is 0.942. The van der Waals surface area contributed by atoms with Gasteiger partial charge in [-0.05, 0) is 31.2 Å². The Morgan fingerprint density at radius 1 is 0.840 bits per heavy atom. The van der Waals surface area contributed by atoms with Crippen molar-refractivity contribution in [1.82, 2.24) is 10.6 Å². The monoisotopic (exact) mass is 360 g/mol. The van der Waals surface area contributed by atoms with Gasteiger partial charge < -0.3 is 15.2 Å². The largest absolute Gasteiger partial charge is 0.343 e. The van der Waals surface area contributed by atoms with Crippen LogP contribution in [0.4, 0.5) is 0 Å². The van der Waals surface area contributed by atoms with E-state index in [1.807, 2.05) is 0 Å². The topological polar surface area (TPSA) is 84.5 Å². The minimum absolute atomic E-state index is 0.149. The molecule has 2 aromatic rings. The molecular formula is C18H21N2O4P. The van der Waals surface area contributed by atoms with Gasteiger partial charge in [0, 0.05) is 11.1 Å². The van der Waals surface area contributed by atoms with Gasteiger partial charge in [-0.15, -0.1) is 0 Å². The molecule has 0 aromatic heterocycles. The summed E-state index contributed by atoms with van der Waals surface area (Å²) in [6.45, 7) is 1.93.